The molecule has 0 fully saturated rings. The van der Waals surface area contributed by atoms with Gasteiger partial charge in [-0.1, -0.05) is 39.0 Å². The number of hydrogen-bond acceptors (Lipinski definition) is 3. The van der Waals surface area contributed by atoms with Crippen molar-refractivity contribution >= 4 is 11.7 Å². The molecule has 0 aliphatic rings. The third-order valence-corrected chi connectivity index (χ3v) is 4.57. The maximum Gasteiger partial charge on any atom is 0.416 e. The van der Waals surface area contributed by atoms with E-state index < -0.39 is 23.1 Å². The smallest absolute Gasteiger partial charge is 0.416 e. The number of Topliss-reactive ketones (excluding diaryl/α,β-unsaturated/α-hetero) is 1. The fourth-order valence-electron chi connectivity index (χ4n) is 2.68. The second-order valence-electron chi connectivity index (χ2n) is 7.33. The van der Waals surface area contributed by atoms with Crippen molar-refractivity contribution in [2.45, 2.75) is 38.8 Å². The second kappa shape index (κ2) is 9.11. The zero-order chi connectivity index (χ0) is 21.7. The van der Waals surface area contributed by atoms with Gasteiger partial charge in [0.05, 0.1) is 5.56 Å². The highest BCUT2D eigenvalue weighted by molar-refractivity contribution is 5.95. The minimum atomic E-state index is -4.42. The molecular weight excluding hydrogens is 383 g/mol. The molecule has 0 saturated heterocycles. The van der Waals surface area contributed by atoms with Crippen LogP contribution in [0.4, 0.5) is 13.2 Å². The van der Waals surface area contributed by atoms with E-state index in [2.05, 4.69) is 5.32 Å². The molecule has 0 atom stereocenters. The van der Waals surface area contributed by atoms with Gasteiger partial charge < -0.3 is 10.1 Å². The minimum Gasteiger partial charge on any atom is -0.484 e. The van der Waals surface area contributed by atoms with E-state index in [-0.39, 0.29) is 18.9 Å². The van der Waals surface area contributed by atoms with Gasteiger partial charge in [-0.05, 0) is 35.9 Å². The lowest BCUT2D eigenvalue weighted by Crippen LogP contribution is -2.39. The first-order valence-electron chi connectivity index (χ1n) is 9.23. The summed E-state index contributed by atoms with van der Waals surface area (Å²) in [4.78, 5) is 23.7. The molecule has 7 heteroatoms. The minimum absolute atomic E-state index is 0.0196. The summed E-state index contributed by atoms with van der Waals surface area (Å²) >= 11 is 0. The molecule has 0 unspecified atom stereocenters. The highest BCUT2D eigenvalue weighted by atomic mass is 19.4. The third kappa shape index (κ3) is 6.34. The SMILES string of the molecule is CCC(=O)c1ccc(OCC(=O)NCC(C)(C)c2cccc(C(F)(F)F)c2)cc1. The molecule has 1 N–H and O–H groups in total. The molecule has 1 amide bonds. The predicted octanol–water partition coefficient (Wildman–Crippen LogP) is 4.77. The monoisotopic (exact) mass is 407 g/mol. The Labute approximate surface area is 168 Å². The van der Waals surface area contributed by atoms with Crippen molar-refractivity contribution in [2.75, 3.05) is 13.2 Å². The van der Waals surface area contributed by atoms with Gasteiger partial charge in [0.15, 0.2) is 12.4 Å². The first-order chi connectivity index (χ1) is 13.5. The Kier molecular flexibility index (Phi) is 7.06. The molecule has 0 aromatic heterocycles. The third-order valence-electron chi connectivity index (χ3n) is 4.57. The number of amides is 1. The fourth-order valence-corrected chi connectivity index (χ4v) is 2.68. The number of nitrogens with one attached hydrogen (secondary N) is 1. The number of benzene rings is 2. The Morgan fingerprint density at radius 1 is 1.00 bits per heavy atom. The van der Waals surface area contributed by atoms with E-state index in [1.165, 1.54) is 6.07 Å². The molecule has 0 spiro atoms. The summed E-state index contributed by atoms with van der Waals surface area (Å²) in [5.41, 5.74) is -0.362. The second-order valence-corrected chi connectivity index (χ2v) is 7.33. The van der Waals surface area contributed by atoms with Crippen LogP contribution in [0.25, 0.3) is 0 Å². The average molecular weight is 407 g/mol. The largest absolute Gasteiger partial charge is 0.484 e. The summed E-state index contributed by atoms with van der Waals surface area (Å²) in [6, 6.07) is 11.6. The molecule has 29 heavy (non-hydrogen) atoms. The van der Waals surface area contributed by atoms with Crippen LogP contribution >= 0.6 is 0 Å². The van der Waals surface area contributed by atoms with Crippen molar-refractivity contribution < 1.29 is 27.5 Å². The van der Waals surface area contributed by atoms with E-state index in [0.29, 0.717) is 23.3 Å². The molecule has 0 aliphatic heterocycles. The summed E-state index contributed by atoms with van der Waals surface area (Å²) in [6.45, 7) is 5.21. The molecule has 0 bridgehead atoms. The van der Waals surface area contributed by atoms with Gasteiger partial charge in [0.1, 0.15) is 5.75 Å². The summed E-state index contributed by atoms with van der Waals surface area (Å²) in [7, 11) is 0. The van der Waals surface area contributed by atoms with Crippen LogP contribution in [0.2, 0.25) is 0 Å². The molecule has 2 aromatic rings. The van der Waals surface area contributed by atoms with Crippen LogP contribution in [-0.2, 0) is 16.4 Å². The number of ether oxygens (including phenoxy) is 1. The first kappa shape index (κ1) is 22.5. The number of rotatable bonds is 8. The summed E-state index contributed by atoms with van der Waals surface area (Å²) < 4.78 is 44.1. The predicted molar refractivity (Wildman–Crippen MR) is 104 cm³/mol. The Hall–Kier alpha value is -2.83. The Morgan fingerprint density at radius 2 is 1.62 bits per heavy atom. The summed E-state index contributed by atoms with van der Waals surface area (Å²) in [5, 5.41) is 2.69. The first-order valence-corrected chi connectivity index (χ1v) is 9.23. The fraction of sp³-hybridized carbons (Fsp3) is 0.364. The zero-order valence-electron chi connectivity index (χ0n) is 16.6. The van der Waals surface area contributed by atoms with Crippen LogP contribution in [0.15, 0.2) is 48.5 Å². The lowest BCUT2D eigenvalue weighted by atomic mass is 9.83. The topological polar surface area (TPSA) is 55.4 Å². The number of ketones is 1. The van der Waals surface area contributed by atoms with Gasteiger partial charge in [-0.2, -0.15) is 13.2 Å². The van der Waals surface area contributed by atoms with Crippen LogP contribution in [-0.4, -0.2) is 24.8 Å². The highest BCUT2D eigenvalue weighted by Gasteiger charge is 2.32. The van der Waals surface area contributed by atoms with Crippen LogP contribution < -0.4 is 10.1 Å². The average Bonchev–Trinajstić information content (AvgIpc) is 2.70. The molecular formula is C22H24F3NO3. The zero-order valence-corrected chi connectivity index (χ0v) is 16.6. The van der Waals surface area contributed by atoms with Crippen molar-refractivity contribution in [1.29, 1.82) is 0 Å². The van der Waals surface area contributed by atoms with Crippen molar-refractivity contribution in [2.24, 2.45) is 0 Å². The molecule has 0 aliphatic carbocycles. The van der Waals surface area contributed by atoms with Crippen LogP contribution in [0.5, 0.6) is 5.75 Å². The quantitative estimate of drug-likeness (QED) is 0.642. The molecule has 2 rings (SSSR count). The summed E-state index contributed by atoms with van der Waals surface area (Å²) in [6.07, 6.45) is -4.01. The van der Waals surface area contributed by atoms with Gasteiger partial charge in [-0.25, -0.2) is 0 Å². The van der Waals surface area contributed by atoms with Gasteiger partial charge >= 0.3 is 6.18 Å². The van der Waals surface area contributed by atoms with Crippen molar-refractivity contribution in [3.05, 3.63) is 65.2 Å². The van der Waals surface area contributed by atoms with Gasteiger partial charge in [0, 0.05) is 23.9 Å². The van der Waals surface area contributed by atoms with Gasteiger partial charge in [-0.3, -0.25) is 9.59 Å². The standard InChI is InChI=1S/C22H24F3NO3/c1-4-19(27)15-8-10-18(11-9-15)29-13-20(28)26-14-21(2,3)16-6-5-7-17(12-16)22(23,24)25/h5-12H,4,13-14H2,1-3H3,(H,26,28). The number of carbonyl (C=O) groups excluding carboxylic acids is 2. The summed E-state index contributed by atoms with van der Waals surface area (Å²) in [5.74, 6) is 0.0785. The molecule has 0 heterocycles. The maximum absolute atomic E-state index is 12.9. The van der Waals surface area contributed by atoms with E-state index in [4.69, 9.17) is 4.74 Å². The van der Waals surface area contributed by atoms with E-state index in [1.807, 2.05) is 0 Å². The normalized spacial score (nSPS) is 11.8. The van der Waals surface area contributed by atoms with Gasteiger partial charge in [-0.15, -0.1) is 0 Å². The van der Waals surface area contributed by atoms with Crippen LogP contribution in [0, 0.1) is 0 Å². The van der Waals surface area contributed by atoms with E-state index in [0.717, 1.165) is 12.1 Å². The van der Waals surface area contributed by atoms with Gasteiger partial charge in [0.25, 0.3) is 5.91 Å². The van der Waals surface area contributed by atoms with Crippen molar-refractivity contribution in [3.63, 3.8) is 0 Å². The molecule has 0 radical (unpaired) electrons. The van der Waals surface area contributed by atoms with Gasteiger partial charge in [0.2, 0.25) is 0 Å². The Bertz CT molecular complexity index is 858. The van der Waals surface area contributed by atoms with Crippen LogP contribution in [0.3, 0.4) is 0 Å². The lowest BCUT2D eigenvalue weighted by molar-refractivity contribution is -0.137. The highest BCUT2D eigenvalue weighted by Crippen LogP contribution is 2.32. The Morgan fingerprint density at radius 3 is 2.21 bits per heavy atom. The van der Waals surface area contributed by atoms with Crippen molar-refractivity contribution in [3.8, 4) is 5.75 Å². The Balaban J connectivity index is 1.90. The van der Waals surface area contributed by atoms with Crippen LogP contribution in [0.1, 0.15) is 48.7 Å². The number of hydrogen-bond donors (Lipinski definition) is 1. The molecule has 2 aromatic carbocycles. The lowest BCUT2D eigenvalue weighted by Gasteiger charge is -2.26. The van der Waals surface area contributed by atoms with E-state index >= 15 is 0 Å². The van der Waals surface area contributed by atoms with Crippen molar-refractivity contribution in [1.82, 2.24) is 5.32 Å². The molecule has 156 valence electrons. The van der Waals surface area contributed by atoms with E-state index in [9.17, 15) is 22.8 Å². The van der Waals surface area contributed by atoms with E-state index in [1.54, 1.807) is 51.1 Å². The number of alkyl halides is 3. The number of carbonyl (C=O) groups is 2. The molecule has 4 nitrogen and oxygen atoms in total. The molecule has 0 saturated carbocycles. The maximum atomic E-state index is 12.9. The number of halogens is 3.